The predicted octanol–water partition coefficient (Wildman–Crippen LogP) is 3.00. The van der Waals surface area contributed by atoms with Crippen LogP contribution in [0.25, 0.3) is 22.9 Å². The van der Waals surface area contributed by atoms with E-state index in [-0.39, 0.29) is 5.75 Å². The molecule has 0 unspecified atom stereocenters. The SMILES string of the molecule is Cc1c(-c2nnc(SCC(=O)O)n2-c2ccccc2)nnn1-c1ccccc1. The van der Waals surface area contributed by atoms with Crippen molar-refractivity contribution in [2.75, 3.05) is 5.75 Å². The third-order valence-electron chi connectivity index (χ3n) is 4.08. The van der Waals surface area contributed by atoms with Gasteiger partial charge in [-0.3, -0.25) is 9.36 Å². The fourth-order valence-corrected chi connectivity index (χ4v) is 3.48. The van der Waals surface area contributed by atoms with Crippen LogP contribution in [0.1, 0.15) is 5.69 Å². The lowest BCUT2D eigenvalue weighted by atomic mass is 10.2. The molecular formula is C19H16N6O2S. The first-order valence-electron chi connectivity index (χ1n) is 8.48. The largest absolute Gasteiger partial charge is 0.481 e. The van der Waals surface area contributed by atoms with Crippen LogP contribution < -0.4 is 0 Å². The lowest BCUT2D eigenvalue weighted by Gasteiger charge is -2.09. The topological polar surface area (TPSA) is 98.7 Å². The fraction of sp³-hybridized carbons (Fsp3) is 0.105. The summed E-state index contributed by atoms with van der Waals surface area (Å²) in [6.45, 7) is 1.91. The molecule has 0 bridgehead atoms. The average Bonchev–Trinajstić information content (AvgIpc) is 3.31. The van der Waals surface area contributed by atoms with Crippen molar-refractivity contribution < 1.29 is 9.90 Å². The molecule has 0 aliphatic rings. The van der Waals surface area contributed by atoms with Gasteiger partial charge in [-0.05, 0) is 31.2 Å². The van der Waals surface area contributed by atoms with Crippen molar-refractivity contribution >= 4 is 17.7 Å². The number of carboxylic acid groups (broad SMARTS) is 1. The van der Waals surface area contributed by atoms with E-state index in [0.29, 0.717) is 16.7 Å². The number of thioether (sulfide) groups is 1. The molecule has 0 aliphatic heterocycles. The van der Waals surface area contributed by atoms with Gasteiger partial charge in [-0.15, -0.1) is 15.3 Å². The molecule has 28 heavy (non-hydrogen) atoms. The Morgan fingerprint density at radius 2 is 1.61 bits per heavy atom. The third-order valence-corrected chi connectivity index (χ3v) is 4.99. The Morgan fingerprint density at radius 1 is 0.964 bits per heavy atom. The highest BCUT2D eigenvalue weighted by Crippen LogP contribution is 2.29. The van der Waals surface area contributed by atoms with Crippen molar-refractivity contribution in [2.45, 2.75) is 12.1 Å². The first-order chi connectivity index (χ1) is 13.6. The predicted molar refractivity (Wildman–Crippen MR) is 105 cm³/mol. The highest BCUT2D eigenvalue weighted by atomic mass is 32.2. The smallest absolute Gasteiger partial charge is 0.313 e. The first-order valence-corrected chi connectivity index (χ1v) is 9.47. The molecule has 0 spiro atoms. The second-order valence-electron chi connectivity index (χ2n) is 5.93. The summed E-state index contributed by atoms with van der Waals surface area (Å²) in [6.07, 6.45) is 0. The van der Waals surface area contributed by atoms with Gasteiger partial charge in [-0.2, -0.15) is 0 Å². The Hall–Kier alpha value is -3.46. The molecule has 0 atom stereocenters. The summed E-state index contributed by atoms with van der Waals surface area (Å²) in [4.78, 5) is 11.0. The highest BCUT2D eigenvalue weighted by Gasteiger charge is 2.22. The zero-order chi connectivity index (χ0) is 19.5. The molecule has 0 fully saturated rings. The van der Waals surface area contributed by atoms with Gasteiger partial charge in [0, 0.05) is 5.69 Å². The van der Waals surface area contributed by atoms with Crippen LogP contribution in [0, 0.1) is 6.92 Å². The minimum atomic E-state index is -0.916. The van der Waals surface area contributed by atoms with Crippen molar-refractivity contribution in [3.05, 3.63) is 66.4 Å². The van der Waals surface area contributed by atoms with Crippen molar-refractivity contribution in [3.8, 4) is 22.9 Å². The minimum absolute atomic E-state index is 0.110. The number of para-hydroxylation sites is 2. The maximum absolute atomic E-state index is 11.0. The molecule has 9 heteroatoms. The molecular weight excluding hydrogens is 376 g/mol. The molecule has 2 aromatic heterocycles. The van der Waals surface area contributed by atoms with E-state index in [1.165, 1.54) is 0 Å². The normalized spacial score (nSPS) is 10.9. The summed E-state index contributed by atoms with van der Waals surface area (Å²) < 4.78 is 3.55. The number of carboxylic acids is 1. The Balaban J connectivity index is 1.83. The fourth-order valence-electron chi connectivity index (χ4n) is 2.80. The number of nitrogens with zero attached hydrogens (tertiary/aromatic N) is 6. The summed E-state index contributed by atoms with van der Waals surface area (Å²) >= 11 is 1.11. The van der Waals surface area contributed by atoms with Gasteiger partial charge in [0.1, 0.15) is 0 Å². The second-order valence-corrected chi connectivity index (χ2v) is 6.87. The van der Waals surface area contributed by atoms with Gasteiger partial charge in [-0.1, -0.05) is 53.4 Å². The molecule has 0 aliphatic carbocycles. The molecule has 4 aromatic rings. The number of rotatable bonds is 6. The summed E-state index contributed by atoms with van der Waals surface area (Å²) in [7, 11) is 0. The number of hydrogen-bond acceptors (Lipinski definition) is 6. The second kappa shape index (κ2) is 7.65. The monoisotopic (exact) mass is 392 g/mol. The maximum atomic E-state index is 11.0. The van der Waals surface area contributed by atoms with Gasteiger partial charge >= 0.3 is 5.97 Å². The Bertz CT molecular complexity index is 1110. The third kappa shape index (κ3) is 3.39. The number of aromatic nitrogens is 6. The van der Waals surface area contributed by atoms with E-state index in [0.717, 1.165) is 28.8 Å². The standard InChI is InChI=1S/C19H16N6O2S/c1-13-17(20-23-25(13)15-10-6-3-7-11-15)18-21-22-19(28-12-16(26)27)24(18)14-8-4-2-5-9-14/h2-11H,12H2,1H3,(H,26,27). The number of aliphatic carboxylic acids is 1. The average molecular weight is 392 g/mol. The van der Waals surface area contributed by atoms with E-state index in [1.54, 1.807) is 9.25 Å². The Kier molecular flexibility index (Phi) is 4.90. The number of carbonyl (C=O) groups is 1. The van der Waals surface area contributed by atoms with Crippen LogP contribution in [0.15, 0.2) is 65.8 Å². The van der Waals surface area contributed by atoms with Crippen LogP contribution in [-0.4, -0.2) is 46.6 Å². The van der Waals surface area contributed by atoms with Gasteiger partial charge in [0.05, 0.1) is 17.1 Å². The van der Waals surface area contributed by atoms with E-state index in [1.807, 2.05) is 67.6 Å². The molecule has 0 saturated heterocycles. The van der Waals surface area contributed by atoms with E-state index in [4.69, 9.17) is 5.11 Å². The summed E-state index contributed by atoms with van der Waals surface area (Å²) in [5.74, 6) is -0.514. The molecule has 2 aromatic carbocycles. The van der Waals surface area contributed by atoms with Crippen LogP contribution in [0.2, 0.25) is 0 Å². The number of hydrogen-bond donors (Lipinski definition) is 1. The zero-order valence-electron chi connectivity index (χ0n) is 14.9. The van der Waals surface area contributed by atoms with Crippen molar-refractivity contribution in [1.29, 1.82) is 0 Å². The van der Waals surface area contributed by atoms with E-state index in [9.17, 15) is 4.79 Å². The van der Waals surface area contributed by atoms with Crippen LogP contribution >= 0.6 is 11.8 Å². The molecule has 8 nitrogen and oxygen atoms in total. The van der Waals surface area contributed by atoms with Crippen LogP contribution in [0.5, 0.6) is 0 Å². The van der Waals surface area contributed by atoms with Crippen molar-refractivity contribution in [3.63, 3.8) is 0 Å². The van der Waals surface area contributed by atoms with Crippen molar-refractivity contribution in [1.82, 2.24) is 29.8 Å². The van der Waals surface area contributed by atoms with Gasteiger partial charge in [0.15, 0.2) is 16.7 Å². The molecule has 140 valence electrons. The van der Waals surface area contributed by atoms with Crippen molar-refractivity contribution in [2.24, 2.45) is 0 Å². The molecule has 0 radical (unpaired) electrons. The Morgan fingerprint density at radius 3 is 2.25 bits per heavy atom. The van der Waals surface area contributed by atoms with Gasteiger partial charge < -0.3 is 5.11 Å². The van der Waals surface area contributed by atoms with E-state index >= 15 is 0 Å². The molecule has 2 heterocycles. The minimum Gasteiger partial charge on any atom is -0.481 e. The van der Waals surface area contributed by atoms with Gasteiger partial charge in [0.2, 0.25) is 0 Å². The maximum Gasteiger partial charge on any atom is 0.313 e. The quantitative estimate of drug-likeness (QED) is 0.504. The van der Waals surface area contributed by atoms with Crippen LogP contribution in [0.4, 0.5) is 0 Å². The Labute approximate surface area is 164 Å². The summed E-state index contributed by atoms with van der Waals surface area (Å²) in [5, 5.41) is 26.6. The summed E-state index contributed by atoms with van der Waals surface area (Å²) in [5.41, 5.74) is 3.11. The molecule has 1 N–H and O–H groups in total. The van der Waals surface area contributed by atoms with Gasteiger partial charge in [0.25, 0.3) is 0 Å². The highest BCUT2D eigenvalue weighted by molar-refractivity contribution is 7.99. The lowest BCUT2D eigenvalue weighted by Crippen LogP contribution is -2.04. The van der Waals surface area contributed by atoms with Crippen LogP contribution in [0.3, 0.4) is 0 Å². The number of benzene rings is 2. The summed E-state index contributed by atoms with van der Waals surface area (Å²) in [6, 6.07) is 19.2. The molecule has 0 saturated carbocycles. The van der Waals surface area contributed by atoms with Crippen LogP contribution in [-0.2, 0) is 4.79 Å². The van der Waals surface area contributed by atoms with E-state index in [2.05, 4.69) is 20.5 Å². The zero-order valence-corrected chi connectivity index (χ0v) is 15.7. The molecule has 0 amide bonds. The van der Waals surface area contributed by atoms with Gasteiger partial charge in [-0.25, -0.2) is 4.68 Å². The van der Waals surface area contributed by atoms with E-state index < -0.39 is 5.97 Å². The molecule has 4 rings (SSSR count). The lowest BCUT2D eigenvalue weighted by molar-refractivity contribution is -0.133. The first kappa shape index (κ1) is 17.9.